The number of rotatable bonds is 5. The lowest BCUT2D eigenvalue weighted by molar-refractivity contribution is -0.123. The van der Waals surface area contributed by atoms with Crippen molar-refractivity contribution in [1.82, 2.24) is 5.32 Å². The van der Waals surface area contributed by atoms with Crippen LogP contribution in [0, 0.1) is 11.3 Å². The van der Waals surface area contributed by atoms with Crippen molar-refractivity contribution >= 4 is 16.9 Å². The second-order valence-corrected chi connectivity index (χ2v) is 5.37. The maximum atomic E-state index is 12.1. The fourth-order valence-corrected chi connectivity index (χ4v) is 2.40. The summed E-state index contributed by atoms with van der Waals surface area (Å²) in [4.78, 5) is 12.1. The smallest absolute Gasteiger partial charge is 0.258 e. The summed E-state index contributed by atoms with van der Waals surface area (Å²) < 4.78 is 11.2. The number of hydrogen-bond donors (Lipinski definition) is 1. The van der Waals surface area contributed by atoms with E-state index in [-0.39, 0.29) is 18.6 Å². The topological polar surface area (TPSA) is 75.3 Å². The van der Waals surface area contributed by atoms with E-state index in [1.54, 1.807) is 24.3 Å². The number of nitrogens with one attached hydrogen (secondary N) is 1. The third-order valence-electron chi connectivity index (χ3n) is 3.62. The molecule has 0 bridgehead atoms. The van der Waals surface area contributed by atoms with Gasteiger partial charge in [-0.15, -0.1) is 0 Å². The minimum Gasteiger partial charge on any atom is -0.482 e. The molecule has 5 heteroatoms. The van der Waals surface area contributed by atoms with Crippen molar-refractivity contribution in [3.63, 3.8) is 0 Å². The van der Waals surface area contributed by atoms with Gasteiger partial charge in [-0.2, -0.15) is 5.26 Å². The molecule has 0 aliphatic heterocycles. The summed E-state index contributed by atoms with van der Waals surface area (Å²) in [5.41, 5.74) is 1.18. The van der Waals surface area contributed by atoms with Gasteiger partial charge in [0.1, 0.15) is 23.2 Å². The van der Waals surface area contributed by atoms with Gasteiger partial charge in [0.2, 0.25) is 0 Å². The lowest BCUT2D eigenvalue weighted by atomic mass is 10.2. The number of nitriles is 1. The Bertz CT molecular complexity index is 875. The molecular weight excluding hydrogens is 304 g/mol. The molecule has 0 aliphatic carbocycles. The van der Waals surface area contributed by atoms with Gasteiger partial charge in [0.05, 0.1) is 11.6 Å². The Labute approximate surface area is 139 Å². The molecule has 120 valence electrons. The maximum Gasteiger partial charge on any atom is 0.258 e. The van der Waals surface area contributed by atoms with Crippen LogP contribution in [0.15, 0.2) is 59.0 Å². The van der Waals surface area contributed by atoms with E-state index in [0.717, 1.165) is 11.0 Å². The molecular formula is C19H16N2O3. The second kappa shape index (κ2) is 6.88. The summed E-state index contributed by atoms with van der Waals surface area (Å²) in [5, 5.41) is 12.8. The molecule has 0 aliphatic rings. The van der Waals surface area contributed by atoms with E-state index in [4.69, 9.17) is 14.4 Å². The predicted octanol–water partition coefficient (Wildman–Crippen LogP) is 3.56. The van der Waals surface area contributed by atoms with E-state index in [1.807, 2.05) is 43.3 Å². The van der Waals surface area contributed by atoms with E-state index in [9.17, 15) is 4.79 Å². The minimum atomic E-state index is -0.282. The average molecular weight is 320 g/mol. The molecule has 5 nitrogen and oxygen atoms in total. The number of amides is 1. The molecule has 1 aromatic heterocycles. The zero-order valence-electron chi connectivity index (χ0n) is 13.2. The first kappa shape index (κ1) is 15.6. The number of carbonyl (C=O) groups excluding carboxylic acids is 1. The highest BCUT2D eigenvalue weighted by Crippen LogP contribution is 2.23. The molecule has 1 heterocycles. The number of para-hydroxylation sites is 2. The van der Waals surface area contributed by atoms with Crippen molar-refractivity contribution < 1.29 is 13.9 Å². The first-order valence-corrected chi connectivity index (χ1v) is 7.57. The van der Waals surface area contributed by atoms with Gasteiger partial charge in [-0.1, -0.05) is 30.3 Å². The van der Waals surface area contributed by atoms with Gasteiger partial charge in [-0.05, 0) is 31.2 Å². The lowest BCUT2D eigenvalue weighted by Gasteiger charge is -2.12. The first-order valence-electron chi connectivity index (χ1n) is 7.57. The number of carbonyl (C=O) groups is 1. The van der Waals surface area contributed by atoms with Gasteiger partial charge < -0.3 is 14.5 Å². The predicted molar refractivity (Wildman–Crippen MR) is 89.4 cm³/mol. The molecule has 0 unspecified atom stereocenters. The first-order chi connectivity index (χ1) is 11.7. The number of ether oxygens (including phenoxy) is 1. The van der Waals surface area contributed by atoms with Gasteiger partial charge in [0.15, 0.2) is 6.61 Å². The highest BCUT2D eigenvalue weighted by Gasteiger charge is 2.15. The number of hydrogen-bond acceptors (Lipinski definition) is 4. The summed E-state index contributed by atoms with van der Waals surface area (Å²) in [6.07, 6.45) is 0. The minimum absolute atomic E-state index is 0.163. The Morgan fingerprint density at radius 2 is 2.00 bits per heavy atom. The zero-order chi connectivity index (χ0) is 16.9. The van der Waals surface area contributed by atoms with Crippen molar-refractivity contribution in [1.29, 1.82) is 5.26 Å². The summed E-state index contributed by atoms with van der Waals surface area (Å²) >= 11 is 0. The van der Waals surface area contributed by atoms with Crippen molar-refractivity contribution in [3.05, 3.63) is 65.9 Å². The largest absolute Gasteiger partial charge is 0.482 e. The number of fused-ring (bicyclic) bond motifs is 1. The molecule has 3 aromatic rings. The van der Waals surface area contributed by atoms with Crippen LogP contribution in [-0.2, 0) is 4.79 Å². The molecule has 2 aromatic carbocycles. The third kappa shape index (κ3) is 3.39. The molecule has 0 radical (unpaired) electrons. The maximum absolute atomic E-state index is 12.1. The third-order valence-corrected chi connectivity index (χ3v) is 3.62. The molecule has 0 fully saturated rings. The van der Waals surface area contributed by atoms with Crippen LogP contribution >= 0.6 is 0 Å². The molecule has 0 saturated heterocycles. The molecule has 0 saturated carbocycles. The highest BCUT2D eigenvalue weighted by atomic mass is 16.5. The standard InChI is InChI=1S/C19H16N2O3/c1-13(18-10-14-6-2-5-9-17(14)24-18)21-19(22)12-23-16-8-4-3-7-15(16)11-20/h2-10,13H,12H2,1H3,(H,21,22)/t13-/m0/s1. The number of benzene rings is 2. The lowest BCUT2D eigenvalue weighted by Crippen LogP contribution is -2.31. The van der Waals surface area contributed by atoms with Crippen LogP contribution in [0.1, 0.15) is 24.3 Å². The zero-order valence-corrected chi connectivity index (χ0v) is 13.2. The van der Waals surface area contributed by atoms with E-state index in [1.165, 1.54) is 0 Å². The van der Waals surface area contributed by atoms with Crippen LogP contribution in [0.25, 0.3) is 11.0 Å². The van der Waals surface area contributed by atoms with E-state index >= 15 is 0 Å². The second-order valence-electron chi connectivity index (χ2n) is 5.37. The van der Waals surface area contributed by atoms with Gasteiger partial charge in [-0.25, -0.2) is 0 Å². The van der Waals surface area contributed by atoms with Crippen LogP contribution in [0.4, 0.5) is 0 Å². The van der Waals surface area contributed by atoms with E-state index in [0.29, 0.717) is 17.1 Å². The summed E-state index contributed by atoms with van der Waals surface area (Å²) in [6.45, 7) is 1.68. The SMILES string of the molecule is C[C@H](NC(=O)COc1ccccc1C#N)c1cc2ccccc2o1. The van der Waals surface area contributed by atoms with Crippen molar-refractivity contribution in [2.75, 3.05) is 6.61 Å². The fourth-order valence-electron chi connectivity index (χ4n) is 2.40. The van der Waals surface area contributed by atoms with Gasteiger partial charge in [0.25, 0.3) is 5.91 Å². The fraction of sp³-hybridized carbons (Fsp3) is 0.158. The highest BCUT2D eigenvalue weighted by molar-refractivity contribution is 5.79. The molecule has 1 atom stereocenters. The van der Waals surface area contributed by atoms with Crippen molar-refractivity contribution in [2.24, 2.45) is 0 Å². The Hall–Kier alpha value is -3.26. The number of nitrogens with zero attached hydrogens (tertiary/aromatic N) is 1. The Morgan fingerprint density at radius 1 is 1.25 bits per heavy atom. The molecule has 1 amide bonds. The summed E-state index contributed by atoms with van der Waals surface area (Å²) in [6, 6.07) is 18.1. The molecule has 1 N–H and O–H groups in total. The van der Waals surface area contributed by atoms with Gasteiger partial charge in [0, 0.05) is 5.39 Å². The van der Waals surface area contributed by atoms with E-state index < -0.39 is 0 Å². The van der Waals surface area contributed by atoms with Gasteiger partial charge >= 0.3 is 0 Å². The number of furan rings is 1. The molecule has 24 heavy (non-hydrogen) atoms. The summed E-state index contributed by atoms with van der Waals surface area (Å²) in [7, 11) is 0. The van der Waals surface area contributed by atoms with Crippen LogP contribution in [0.5, 0.6) is 5.75 Å². The normalized spacial score (nSPS) is 11.7. The Morgan fingerprint density at radius 3 is 2.79 bits per heavy atom. The van der Waals surface area contributed by atoms with Gasteiger partial charge in [-0.3, -0.25) is 4.79 Å². The van der Waals surface area contributed by atoms with Crippen LogP contribution in [-0.4, -0.2) is 12.5 Å². The Balaban J connectivity index is 1.61. The van der Waals surface area contributed by atoms with Crippen LogP contribution < -0.4 is 10.1 Å². The molecule has 0 spiro atoms. The molecule has 3 rings (SSSR count). The monoisotopic (exact) mass is 320 g/mol. The Kier molecular flexibility index (Phi) is 4.48. The quantitative estimate of drug-likeness (QED) is 0.780. The summed E-state index contributed by atoms with van der Waals surface area (Å²) in [5.74, 6) is 0.796. The van der Waals surface area contributed by atoms with E-state index in [2.05, 4.69) is 5.32 Å². The van der Waals surface area contributed by atoms with Crippen LogP contribution in [0.2, 0.25) is 0 Å². The van der Waals surface area contributed by atoms with Crippen molar-refractivity contribution in [3.8, 4) is 11.8 Å². The van der Waals surface area contributed by atoms with Crippen molar-refractivity contribution in [2.45, 2.75) is 13.0 Å². The van der Waals surface area contributed by atoms with Crippen LogP contribution in [0.3, 0.4) is 0 Å². The average Bonchev–Trinajstić information content (AvgIpc) is 3.04.